The molecule has 150 valence electrons. The van der Waals surface area contributed by atoms with Crippen LogP contribution in [0.25, 0.3) is 0 Å². The van der Waals surface area contributed by atoms with Crippen LogP contribution in [-0.2, 0) is 9.47 Å². The maximum absolute atomic E-state index is 10.5. The van der Waals surface area contributed by atoms with E-state index in [1.54, 1.807) is 0 Å². The minimum Gasteiger partial charge on any atom is -0.392 e. The van der Waals surface area contributed by atoms with Crippen LogP contribution in [0.3, 0.4) is 0 Å². The lowest BCUT2D eigenvalue weighted by Gasteiger charge is -2.42. The largest absolute Gasteiger partial charge is 0.392 e. The van der Waals surface area contributed by atoms with Crippen LogP contribution in [0.4, 0.5) is 0 Å². The van der Waals surface area contributed by atoms with Crippen molar-refractivity contribution in [3.63, 3.8) is 0 Å². The predicted octanol–water partition coefficient (Wildman–Crippen LogP) is 2.97. The first kappa shape index (κ1) is 20.7. The van der Waals surface area contributed by atoms with Gasteiger partial charge in [0.05, 0.1) is 19.3 Å². The standard InChI is InChI=1S/C23H34O4/c1-5-6-7-8-16(2)20(24)10-9-18-19-13-23(12-17(19)11-21(18)25)26-14-22(3,4)15-27-23/h16-21,24-25H,5,8,11-15H2,1-4H3/t16-,17+,18?,19-,20+,21+/m0/s1. The van der Waals surface area contributed by atoms with Crippen LogP contribution in [0.5, 0.6) is 0 Å². The van der Waals surface area contributed by atoms with Gasteiger partial charge in [-0.15, -0.1) is 11.8 Å². The molecule has 4 heteroatoms. The van der Waals surface area contributed by atoms with Crippen molar-refractivity contribution >= 4 is 0 Å². The van der Waals surface area contributed by atoms with Crippen LogP contribution in [0.1, 0.15) is 59.8 Å². The van der Waals surface area contributed by atoms with Crippen LogP contribution in [0.2, 0.25) is 0 Å². The van der Waals surface area contributed by atoms with Crippen LogP contribution in [0.15, 0.2) is 0 Å². The van der Waals surface area contributed by atoms with Gasteiger partial charge in [0.1, 0.15) is 6.10 Å². The molecule has 0 aromatic rings. The Morgan fingerprint density at radius 2 is 1.85 bits per heavy atom. The summed E-state index contributed by atoms with van der Waals surface area (Å²) in [5.41, 5.74) is 0.0581. The van der Waals surface area contributed by atoms with Gasteiger partial charge >= 0.3 is 0 Å². The summed E-state index contributed by atoms with van der Waals surface area (Å²) in [7, 11) is 0. The summed E-state index contributed by atoms with van der Waals surface area (Å²) in [5.74, 6) is 12.4. The second-order valence-corrected chi connectivity index (χ2v) is 9.44. The zero-order chi connectivity index (χ0) is 19.7. The molecule has 0 aromatic carbocycles. The Bertz CT molecular complexity index is 637. The molecule has 1 heterocycles. The van der Waals surface area contributed by atoms with E-state index >= 15 is 0 Å². The van der Waals surface area contributed by atoms with E-state index in [9.17, 15) is 10.2 Å². The molecule has 0 bridgehead atoms. The molecule has 3 rings (SSSR count). The molecule has 0 aromatic heterocycles. The SMILES string of the molecule is CCC#CC[C@H](C)[C@H](O)C#CC1[C@H](O)C[C@@H]2CC3(C[C@H]12)OCC(C)(C)CO3. The van der Waals surface area contributed by atoms with E-state index in [-0.39, 0.29) is 23.2 Å². The third-order valence-electron chi connectivity index (χ3n) is 6.26. The Kier molecular flexibility index (Phi) is 6.24. The summed E-state index contributed by atoms with van der Waals surface area (Å²) in [4.78, 5) is 0. The van der Waals surface area contributed by atoms with E-state index in [0.29, 0.717) is 25.6 Å². The summed E-state index contributed by atoms with van der Waals surface area (Å²) in [5, 5.41) is 20.8. The molecule has 2 aliphatic carbocycles. The van der Waals surface area contributed by atoms with E-state index in [2.05, 4.69) is 37.5 Å². The second-order valence-electron chi connectivity index (χ2n) is 9.44. The smallest absolute Gasteiger partial charge is 0.168 e. The highest BCUT2D eigenvalue weighted by molar-refractivity contribution is 5.18. The number of hydrogen-bond donors (Lipinski definition) is 2. The van der Waals surface area contributed by atoms with Gasteiger partial charge in [-0.25, -0.2) is 0 Å². The van der Waals surface area contributed by atoms with Gasteiger partial charge in [0.15, 0.2) is 5.79 Å². The van der Waals surface area contributed by atoms with Crippen molar-refractivity contribution in [2.45, 2.75) is 77.8 Å². The van der Waals surface area contributed by atoms with Crippen molar-refractivity contribution < 1.29 is 19.7 Å². The first-order chi connectivity index (χ1) is 12.8. The Labute approximate surface area is 164 Å². The lowest BCUT2D eigenvalue weighted by molar-refractivity contribution is -0.298. The van der Waals surface area contributed by atoms with E-state index in [0.717, 1.165) is 25.7 Å². The Morgan fingerprint density at radius 3 is 2.52 bits per heavy atom. The van der Waals surface area contributed by atoms with Crippen molar-refractivity contribution in [1.29, 1.82) is 0 Å². The van der Waals surface area contributed by atoms with Crippen LogP contribution < -0.4 is 0 Å². The Hall–Kier alpha value is -1.04. The van der Waals surface area contributed by atoms with Gasteiger partial charge < -0.3 is 19.7 Å². The molecule has 0 amide bonds. The predicted molar refractivity (Wildman–Crippen MR) is 104 cm³/mol. The van der Waals surface area contributed by atoms with E-state index in [4.69, 9.17) is 9.47 Å². The molecule has 4 nitrogen and oxygen atoms in total. The molecule has 2 N–H and O–H groups in total. The molecule has 0 radical (unpaired) electrons. The summed E-state index contributed by atoms with van der Waals surface area (Å²) >= 11 is 0. The minimum absolute atomic E-state index is 0.00746. The molecule has 1 saturated heterocycles. The zero-order valence-corrected chi connectivity index (χ0v) is 17.1. The van der Waals surface area contributed by atoms with Crippen molar-refractivity contribution in [2.24, 2.45) is 29.1 Å². The number of ether oxygens (including phenoxy) is 2. The van der Waals surface area contributed by atoms with Gasteiger partial charge in [-0.1, -0.05) is 39.5 Å². The highest BCUT2D eigenvalue weighted by Gasteiger charge is 2.56. The topological polar surface area (TPSA) is 58.9 Å². The number of aliphatic hydroxyl groups is 2. The minimum atomic E-state index is -0.708. The van der Waals surface area contributed by atoms with Gasteiger partial charge in [0.25, 0.3) is 0 Å². The van der Waals surface area contributed by atoms with Crippen molar-refractivity contribution in [2.75, 3.05) is 13.2 Å². The first-order valence-corrected chi connectivity index (χ1v) is 10.4. The van der Waals surface area contributed by atoms with Crippen LogP contribution in [-0.4, -0.2) is 41.4 Å². The van der Waals surface area contributed by atoms with Crippen LogP contribution >= 0.6 is 0 Å². The van der Waals surface area contributed by atoms with Gasteiger partial charge in [-0.3, -0.25) is 0 Å². The van der Waals surface area contributed by atoms with E-state index in [1.807, 2.05) is 13.8 Å². The number of rotatable bonds is 2. The molecule has 1 aliphatic heterocycles. The average Bonchev–Trinajstić information content (AvgIpc) is 3.09. The average molecular weight is 375 g/mol. The van der Waals surface area contributed by atoms with Crippen molar-refractivity contribution in [3.8, 4) is 23.7 Å². The Balaban J connectivity index is 1.62. The molecule has 2 saturated carbocycles. The number of fused-ring (bicyclic) bond motifs is 1. The first-order valence-electron chi connectivity index (χ1n) is 10.4. The molecular weight excluding hydrogens is 340 g/mol. The number of aliphatic hydroxyl groups excluding tert-OH is 2. The third-order valence-corrected chi connectivity index (χ3v) is 6.26. The van der Waals surface area contributed by atoms with Gasteiger partial charge in [-0.2, -0.15) is 0 Å². The van der Waals surface area contributed by atoms with Gasteiger partial charge in [-0.05, 0) is 18.3 Å². The van der Waals surface area contributed by atoms with Crippen LogP contribution in [0, 0.1) is 52.8 Å². The molecule has 27 heavy (non-hydrogen) atoms. The number of hydrogen-bond acceptors (Lipinski definition) is 4. The van der Waals surface area contributed by atoms with E-state index in [1.165, 1.54) is 0 Å². The Morgan fingerprint density at radius 1 is 1.15 bits per heavy atom. The quantitative estimate of drug-likeness (QED) is 0.730. The maximum Gasteiger partial charge on any atom is 0.168 e. The summed E-state index contributed by atoms with van der Waals surface area (Å²) < 4.78 is 12.3. The molecular formula is C23H34O4. The maximum atomic E-state index is 10.5. The fraction of sp³-hybridized carbons (Fsp3) is 0.826. The van der Waals surface area contributed by atoms with E-state index < -0.39 is 18.0 Å². The molecule has 3 aliphatic rings. The molecule has 1 unspecified atom stereocenters. The summed E-state index contributed by atoms with van der Waals surface area (Å²) in [6, 6.07) is 0. The summed E-state index contributed by atoms with van der Waals surface area (Å²) in [6.45, 7) is 9.71. The lowest BCUT2D eigenvalue weighted by Crippen LogP contribution is -2.46. The molecule has 1 spiro atoms. The fourth-order valence-corrected chi connectivity index (χ4v) is 4.55. The zero-order valence-electron chi connectivity index (χ0n) is 17.1. The van der Waals surface area contributed by atoms with Gasteiger partial charge in [0, 0.05) is 42.9 Å². The van der Waals surface area contributed by atoms with Crippen molar-refractivity contribution in [3.05, 3.63) is 0 Å². The molecule has 3 fully saturated rings. The second kappa shape index (κ2) is 8.14. The summed E-state index contributed by atoms with van der Waals surface area (Å²) in [6.07, 6.45) is 2.72. The fourth-order valence-electron chi connectivity index (χ4n) is 4.55. The normalized spacial score (nSPS) is 35.5. The lowest BCUT2D eigenvalue weighted by atomic mass is 9.90. The monoisotopic (exact) mass is 374 g/mol. The third kappa shape index (κ3) is 4.69. The van der Waals surface area contributed by atoms with Gasteiger partial charge in [0.2, 0.25) is 0 Å². The highest BCUT2D eigenvalue weighted by Crippen LogP contribution is 2.54. The van der Waals surface area contributed by atoms with Crippen molar-refractivity contribution in [1.82, 2.24) is 0 Å². The highest BCUT2D eigenvalue weighted by atomic mass is 16.7. The molecule has 6 atom stereocenters.